The number of esters is 1. The first-order chi connectivity index (χ1) is 7.18. The molecule has 1 saturated heterocycles. The molecule has 0 aliphatic carbocycles. The van der Waals surface area contributed by atoms with Crippen LogP contribution < -0.4 is 11.1 Å². The fraction of sp³-hybridized carbons (Fsp3) is 0.778. The first-order valence-corrected chi connectivity index (χ1v) is 4.94. The van der Waals surface area contributed by atoms with Crippen LogP contribution in [0.25, 0.3) is 0 Å². The lowest BCUT2D eigenvalue weighted by Crippen LogP contribution is -2.35. The number of amides is 1. The standard InChI is InChI=1S/C9H16N2O4/c10-8(12)5-11-6-9(13)15-7-1-3-14-4-2-7/h7,11H,1-6H2,(H2,10,12). The zero-order valence-corrected chi connectivity index (χ0v) is 8.53. The summed E-state index contributed by atoms with van der Waals surface area (Å²) in [6.45, 7) is 1.27. The fourth-order valence-corrected chi connectivity index (χ4v) is 1.31. The summed E-state index contributed by atoms with van der Waals surface area (Å²) in [7, 11) is 0. The quantitative estimate of drug-likeness (QED) is 0.562. The molecule has 1 amide bonds. The minimum absolute atomic E-state index is 0.0110. The maximum Gasteiger partial charge on any atom is 0.320 e. The van der Waals surface area contributed by atoms with Crippen molar-refractivity contribution in [1.82, 2.24) is 5.32 Å². The van der Waals surface area contributed by atoms with Crippen molar-refractivity contribution in [3.63, 3.8) is 0 Å². The fourth-order valence-electron chi connectivity index (χ4n) is 1.31. The molecule has 0 radical (unpaired) electrons. The summed E-state index contributed by atoms with van der Waals surface area (Å²) in [6, 6.07) is 0. The van der Waals surface area contributed by atoms with Crippen molar-refractivity contribution >= 4 is 11.9 Å². The number of carbonyl (C=O) groups is 2. The van der Waals surface area contributed by atoms with Gasteiger partial charge in [0.15, 0.2) is 0 Å². The third-order valence-corrected chi connectivity index (χ3v) is 2.04. The van der Waals surface area contributed by atoms with Crippen LogP contribution in [0, 0.1) is 0 Å². The molecule has 3 N–H and O–H groups in total. The summed E-state index contributed by atoms with van der Waals surface area (Å²) < 4.78 is 10.3. The normalized spacial score (nSPS) is 17.3. The van der Waals surface area contributed by atoms with Crippen LogP contribution in [0.4, 0.5) is 0 Å². The second-order valence-corrected chi connectivity index (χ2v) is 3.37. The van der Waals surface area contributed by atoms with Gasteiger partial charge in [0, 0.05) is 12.8 Å². The Morgan fingerprint density at radius 2 is 2.00 bits per heavy atom. The summed E-state index contributed by atoms with van der Waals surface area (Å²) in [5.41, 5.74) is 4.89. The highest BCUT2D eigenvalue weighted by Crippen LogP contribution is 2.10. The van der Waals surface area contributed by atoms with E-state index < -0.39 is 5.91 Å². The SMILES string of the molecule is NC(=O)CNCC(=O)OC1CCOCC1. The van der Waals surface area contributed by atoms with Crippen molar-refractivity contribution in [2.45, 2.75) is 18.9 Å². The second-order valence-electron chi connectivity index (χ2n) is 3.37. The highest BCUT2D eigenvalue weighted by molar-refractivity contribution is 5.77. The Balaban J connectivity index is 2.09. The van der Waals surface area contributed by atoms with Gasteiger partial charge in [-0.25, -0.2) is 0 Å². The molecule has 6 heteroatoms. The largest absolute Gasteiger partial charge is 0.461 e. The molecule has 86 valence electrons. The van der Waals surface area contributed by atoms with E-state index in [-0.39, 0.29) is 25.2 Å². The number of nitrogens with two attached hydrogens (primary N) is 1. The molecule has 1 aliphatic heterocycles. The average Bonchev–Trinajstić information content (AvgIpc) is 2.18. The summed E-state index contributed by atoms with van der Waals surface area (Å²) >= 11 is 0. The van der Waals surface area contributed by atoms with Gasteiger partial charge < -0.3 is 15.2 Å². The summed E-state index contributed by atoms with van der Waals surface area (Å²) in [4.78, 5) is 21.6. The molecule has 1 aliphatic rings. The Bertz CT molecular complexity index is 226. The van der Waals surface area contributed by atoms with Gasteiger partial charge in [0.1, 0.15) is 6.10 Å². The van der Waals surface area contributed by atoms with Crippen LogP contribution >= 0.6 is 0 Å². The molecule has 0 saturated carbocycles. The highest BCUT2D eigenvalue weighted by Gasteiger charge is 2.17. The van der Waals surface area contributed by atoms with Crippen molar-refractivity contribution in [3.8, 4) is 0 Å². The Morgan fingerprint density at radius 3 is 2.60 bits per heavy atom. The van der Waals surface area contributed by atoms with Gasteiger partial charge in [0.2, 0.25) is 5.91 Å². The topological polar surface area (TPSA) is 90.7 Å². The monoisotopic (exact) mass is 216 g/mol. The van der Waals surface area contributed by atoms with Crippen molar-refractivity contribution in [1.29, 1.82) is 0 Å². The lowest BCUT2D eigenvalue weighted by Gasteiger charge is -2.22. The number of rotatable bonds is 5. The lowest BCUT2D eigenvalue weighted by atomic mass is 10.1. The maximum absolute atomic E-state index is 11.2. The van der Waals surface area contributed by atoms with E-state index in [9.17, 15) is 9.59 Å². The average molecular weight is 216 g/mol. The first kappa shape index (κ1) is 11.9. The minimum Gasteiger partial charge on any atom is -0.461 e. The van der Waals surface area contributed by atoms with Gasteiger partial charge in [0.25, 0.3) is 0 Å². The van der Waals surface area contributed by atoms with Crippen LogP contribution in [0.15, 0.2) is 0 Å². The molecule has 15 heavy (non-hydrogen) atoms. The Hall–Kier alpha value is -1.14. The molecule has 0 bridgehead atoms. The lowest BCUT2D eigenvalue weighted by molar-refractivity contribution is -0.151. The summed E-state index contributed by atoms with van der Waals surface area (Å²) in [6.07, 6.45) is 1.42. The van der Waals surface area contributed by atoms with E-state index in [1.54, 1.807) is 0 Å². The van der Waals surface area contributed by atoms with Crippen molar-refractivity contribution in [2.75, 3.05) is 26.3 Å². The van der Waals surface area contributed by atoms with Crippen molar-refractivity contribution in [3.05, 3.63) is 0 Å². The van der Waals surface area contributed by atoms with Gasteiger partial charge >= 0.3 is 5.97 Å². The van der Waals surface area contributed by atoms with E-state index >= 15 is 0 Å². The molecule has 0 spiro atoms. The molecule has 0 aromatic carbocycles. The van der Waals surface area contributed by atoms with E-state index in [4.69, 9.17) is 15.2 Å². The predicted molar refractivity (Wildman–Crippen MR) is 52.0 cm³/mol. The Labute approximate surface area is 88.1 Å². The van der Waals surface area contributed by atoms with Crippen LogP contribution in [-0.4, -0.2) is 44.3 Å². The molecule has 1 fully saturated rings. The van der Waals surface area contributed by atoms with Gasteiger partial charge in [-0.2, -0.15) is 0 Å². The summed E-state index contributed by atoms with van der Waals surface area (Å²) in [5, 5.41) is 2.59. The number of primary amides is 1. The van der Waals surface area contributed by atoms with E-state index in [0.717, 1.165) is 12.8 Å². The third-order valence-electron chi connectivity index (χ3n) is 2.04. The number of hydrogen-bond acceptors (Lipinski definition) is 5. The van der Waals surface area contributed by atoms with Crippen LogP contribution in [0.2, 0.25) is 0 Å². The molecule has 6 nitrogen and oxygen atoms in total. The van der Waals surface area contributed by atoms with Gasteiger partial charge in [-0.1, -0.05) is 0 Å². The van der Waals surface area contributed by atoms with E-state index in [0.29, 0.717) is 13.2 Å². The molecule has 0 unspecified atom stereocenters. The van der Waals surface area contributed by atoms with Gasteiger partial charge in [-0.05, 0) is 0 Å². The Kier molecular flexibility index (Phi) is 5.06. The maximum atomic E-state index is 11.2. The molecule has 1 rings (SSSR count). The Morgan fingerprint density at radius 1 is 1.33 bits per heavy atom. The second kappa shape index (κ2) is 6.36. The van der Waals surface area contributed by atoms with Crippen LogP contribution in [0.5, 0.6) is 0 Å². The van der Waals surface area contributed by atoms with E-state index in [1.807, 2.05) is 0 Å². The van der Waals surface area contributed by atoms with Gasteiger partial charge in [0.05, 0.1) is 26.3 Å². The van der Waals surface area contributed by atoms with E-state index in [1.165, 1.54) is 0 Å². The van der Waals surface area contributed by atoms with Gasteiger partial charge in [-0.3, -0.25) is 14.9 Å². The third kappa shape index (κ3) is 5.34. The van der Waals surface area contributed by atoms with Gasteiger partial charge in [-0.15, -0.1) is 0 Å². The zero-order chi connectivity index (χ0) is 11.1. The molecule has 1 heterocycles. The predicted octanol–water partition coefficient (Wildman–Crippen LogP) is -1.22. The molecule has 0 aromatic heterocycles. The number of carbonyl (C=O) groups excluding carboxylic acids is 2. The van der Waals surface area contributed by atoms with Crippen molar-refractivity contribution < 1.29 is 19.1 Å². The number of ether oxygens (including phenoxy) is 2. The molecular weight excluding hydrogens is 200 g/mol. The van der Waals surface area contributed by atoms with Crippen molar-refractivity contribution in [2.24, 2.45) is 5.73 Å². The molecule has 0 atom stereocenters. The summed E-state index contributed by atoms with van der Waals surface area (Å²) in [5.74, 6) is -0.850. The van der Waals surface area contributed by atoms with Crippen LogP contribution in [0.1, 0.15) is 12.8 Å². The first-order valence-electron chi connectivity index (χ1n) is 4.94. The highest BCUT2D eigenvalue weighted by atomic mass is 16.6. The van der Waals surface area contributed by atoms with E-state index in [2.05, 4.69) is 5.32 Å². The molecular formula is C9H16N2O4. The minimum atomic E-state index is -0.492. The number of hydrogen-bond donors (Lipinski definition) is 2. The smallest absolute Gasteiger partial charge is 0.320 e. The number of nitrogens with one attached hydrogen (secondary N) is 1. The van der Waals surface area contributed by atoms with Crippen LogP contribution in [0.3, 0.4) is 0 Å². The van der Waals surface area contributed by atoms with Crippen LogP contribution in [-0.2, 0) is 19.1 Å². The molecule has 0 aromatic rings. The zero-order valence-electron chi connectivity index (χ0n) is 8.53.